The van der Waals surface area contributed by atoms with Crippen LogP contribution in [-0.4, -0.2) is 27.8 Å². The molecule has 1 N–H and O–H groups in total. The van der Waals surface area contributed by atoms with Crippen molar-refractivity contribution in [2.75, 3.05) is 5.32 Å². The summed E-state index contributed by atoms with van der Waals surface area (Å²) in [4.78, 5) is 8.97. The maximum Gasteiger partial charge on any atom is 0.287 e. The predicted molar refractivity (Wildman–Crippen MR) is 130 cm³/mol. The van der Waals surface area contributed by atoms with Crippen molar-refractivity contribution in [2.45, 2.75) is 6.54 Å². The Morgan fingerprint density at radius 2 is 1.72 bits per heavy atom. The smallest absolute Gasteiger partial charge is 0.287 e. The van der Waals surface area contributed by atoms with Crippen molar-refractivity contribution in [3.05, 3.63) is 103 Å². The lowest BCUT2D eigenvalue weighted by atomic mass is 10.2. The van der Waals surface area contributed by atoms with Gasteiger partial charge in [0.2, 0.25) is 0 Å². The number of amidine groups is 1. The zero-order valence-corrected chi connectivity index (χ0v) is 17.2. The maximum atomic E-state index is 4.90. The molecular formula is C25H20N7+. The van der Waals surface area contributed by atoms with Crippen LogP contribution in [0.3, 0.4) is 0 Å². The Morgan fingerprint density at radius 3 is 2.56 bits per heavy atom. The van der Waals surface area contributed by atoms with Crippen molar-refractivity contribution in [3.8, 4) is 0 Å². The van der Waals surface area contributed by atoms with Gasteiger partial charge < -0.3 is 5.32 Å². The van der Waals surface area contributed by atoms with Crippen molar-refractivity contribution in [1.29, 1.82) is 0 Å². The number of benzene rings is 3. The molecule has 3 heterocycles. The summed E-state index contributed by atoms with van der Waals surface area (Å²) in [5.41, 5.74) is 4.17. The van der Waals surface area contributed by atoms with Gasteiger partial charge in [-0.15, -0.1) is 0 Å². The summed E-state index contributed by atoms with van der Waals surface area (Å²) in [6, 6.07) is 26.6. The summed E-state index contributed by atoms with van der Waals surface area (Å²) in [7, 11) is 0. The standard InChI is InChI=1S/C25H20N7/c1-3-7-19(8-4-1)18-31-23-15-21(12-11-20(23)16-27-31)28-25-29-24-17-26-13-14-32(24,30-25)22-9-5-2-6-10-22/h1-17H,18H2,(H,28,30)/q+1. The predicted octanol–water partition coefficient (Wildman–Crippen LogP) is 4.74. The number of nitrogens with one attached hydrogen (secondary N) is 1. The first-order chi connectivity index (χ1) is 15.8. The molecule has 4 aromatic rings. The van der Waals surface area contributed by atoms with Crippen molar-refractivity contribution in [3.63, 3.8) is 0 Å². The lowest BCUT2D eigenvalue weighted by molar-refractivity contribution is 0.592. The van der Waals surface area contributed by atoms with E-state index < -0.39 is 0 Å². The zero-order chi connectivity index (χ0) is 21.4. The molecule has 2 aliphatic heterocycles. The molecule has 0 radical (unpaired) electrons. The summed E-state index contributed by atoms with van der Waals surface area (Å²) in [6.07, 6.45) is 7.34. The molecule has 0 bridgehead atoms. The highest BCUT2D eigenvalue weighted by Crippen LogP contribution is 2.31. The summed E-state index contributed by atoms with van der Waals surface area (Å²) < 4.78 is 2.18. The molecule has 154 valence electrons. The average molecular weight is 418 g/mol. The van der Waals surface area contributed by atoms with E-state index in [-0.39, 0.29) is 4.59 Å². The number of aromatic nitrogens is 2. The summed E-state index contributed by atoms with van der Waals surface area (Å²) >= 11 is 0. The minimum atomic E-state index is 0.168. The van der Waals surface area contributed by atoms with Crippen molar-refractivity contribution in [1.82, 2.24) is 14.4 Å². The van der Waals surface area contributed by atoms with Crippen molar-refractivity contribution in [2.24, 2.45) is 15.1 Å². The third kappa shape index (κ3) is 3.12. The summed E-state index contributed by atoms with van der Waals surface area (Å²) in [5.74, 6) is 1.28. The van der Waals surface area contributed by atoms with Gasteiger partial charge in [-0.3, -0.25) is 9.67 Å². The Kier molecular flexibility index (Phi) is 4.26. The Bertz CT molecular complexity index is 1410. The van der Waals surface area contributed by atoms with E-state index in [1.807, 2.05) is 71.7 Å². The fourth-order valence-corrected chi connectivity index (χ4v) is 4.02. The number of guanidine groups is 1. The lowest BCUT2D eigenvalue weighted by Crippen LogP contribution is -2.44. The topological polar surface area (TPSA) is 66.9 Å². The van der Waals surface area contributed by atoms with Gasteiger partial charge >= 0.3 is 0 Å². The SMILES string of the molecule is C1=C[N+]2(c3ccccc3)N=C(Nc3ccc4cnn(Cc5ccccc5)c4c3)N=C2C=N1. The van der Waals surface area contributed by atoms with Crippen LogP contribution in [0.25, 0.3) is 10.9 Å². The number of rotatable bonds is 4. The third-order valence-electron chi connectivity index (χ3n) is 5.61. The second-order valence-corrected chi connectivity index (χ2v) is 7.68. The van der Waals surface area contributed by atoms with Crippen LogP contribution >= 0.6 is 0 Å². The maximum absolute atomic E-state index is 4.90. The number of anilines is 1. The van der Waals surface area contributed by atoms with Crippen LogP contribution in [0.15, 0.2) is 113 Å². The Balaban J connectivity index is 1.33. The molecule has 0 saturated carbocycles. The fraction of sp³-hybridized carbons (Fsp3) is 0.0400. The Hall–Kier alpha value is -4.36. The van der Waals surface area contributed by atoms with Crippen LogP contribution in [0, 0.1) is 0 Å². The van der Waals surface area contributed by atoms with Crippen LogP contribution in [-0.2, 0) is 6.54 Å². The van der Waals surface area contributed by atoms with Crippen LogP contribution in [0.4, 0.5) is 11.4 Å². The van der Waals surface area contributed by atoms with Crippen molar-refractivity contribution < 1.29 is 0 Å². The van der Waals surface area contributed by atoms with E-state index in [2.05, 4.69) is 39.7 Å². The molecule has 32 heavy (non-hydrogen) atoms. The number of aliphatic imine (C=N–C) groups is 2. The second kappa shape index (κ2) is 7.40. The van der Waals surface area contributed by atoms with E-state index in [1.165, 1.54) is 5.56 Å². The van der Waals surface area contributed by atoms with Crippen LogP contribution in [0.1, 0.15) is 5.56 Å². The first-order valence-corrected chi connectivity index (χ1v) is 10.4. The van der Waals surface area contributed by atoms with E-state index in [1.54, 1.807) is 12.4 Å². The zero-order valence-electron chi connectivity index (χ0n) is 17.2. The van der Waals surface area contributed by atoms with Gasteiger partial charge in [-0.1, -0.05) is 53.1 Å². The molecule has 7 nitrogen and oxygen atoms in total. The summed E-state index contributed by atoms with van der Waals surface area (Å²) in [6.45, 7) is 0.715. The van der Waals surface area contributed by atoms with Gasteiger partial charge in [0.05, 0.1) is 24.5 Å². The molecule has 7 heteroatoms. The second-order valence-electron chi connectivity index (χ2n) is 7.68. The monoisotopic (exact) mass is 418 g/mol. The molecular weight excluding hydrogens is 398 g/mol. The van der Waals surface area contributed by atoms with Crippen molar-refractivity contribution >= 4 is 40.3 Å². The molecule has 1 unspecified atom stereocenters. The van der Waals surface area contributed by atoms with E-state index in [0.29, 0.717) is 12.5 Å². The number of hydrogen-bond acceptors (Lipinski definition) is 5. The number of para-hydroxylation sites is 1. The van der Waals surface area contributed by atoms with Crippen LogP contribution in [0.5, 0.6) is 0 Å². The quantitative estimate of drug-likeness (QED) is 0.486. The van der Waals surface area contributed by atoms with Gasteiger partial charge in [0.25, 0.3) is 11.8 Å². The van der Waals surface area contributed by atoms with Gasteiger partial charge in [-0.05, 0) is 28.9 Å². The number of hydrogen-bond donors (Lipinski definition) is 1. The highest BCUT2D eigenvalue weighted by atomic mass is 15.7. The van der Waals surface area contributed by atoms with Gasteiger partial charge in [-0.2, -0.15) is 10.1 Å². The molecule has 1 atom stereocenters. The first-order valence-electron chi connectivity index (χ1n) is 10.4. The Morgan fingerprint density at radius 1 is 0.906 bits per heavy atom. The van der Waals surface area contributed by atoms with Crippen LogP contribution in [0.2, 0.25) is 0 Å². The van der Waals surface area contributed by atoms with Gasteiger partial charge in [0.15, 0.2) is 11.9 Å². The molecule has 2 aliphatic rings. The van der Waals surface area contributed by atoms with E-state index in [0.717, 1.165) is 28.1 Å². The summed E-state index contributed by atoms with van der Waals surface area (Å²) in [5, 5.41) is 13.9. The van der Waals surface area contributed by atoms with E-state index >= 15 is 0 Å². The lowest BCUT2D eigenvalue weighted by Gasteiger charge is -2.23. The number of fused-ring (bicyclic) bond motifs is 2. The highest BCUT2D eigenvalue weighted by molar-refractivity contribution is 6.38. The molecule has 0 spiro atoms. The van der Waals surface area contributed by atoms with Gasteiger partial charge in [0.1, 0.15) is 6.21 Å². The Labute approximate surface area is 184 Å². The molecule has 0 fully saturated rings. The molecule has 0 saturated heterocycles. The normalized spacial score (nSPS) is 19.0. The molecule has 1 aromatic heterocycles. The minimum absolute atomic E-state index is 0.168. The van der Waals surface area contributed by atoms with Gasteiger partial charge in [0, 0.05) is 23.2 Å². The molecule has 0 aliphatic carbocycles. The minimum Gasteiger partial charge on any atom is -0.320 e. The molecule has 3 aromatic carbocycles. The average Bonchev–Trinajstić information content (AvgIpc) is 3.42. The number of nitrogens with zero attached hydrogens (tertiary/aromatic N) is 6. The van der Waals surface area contributed by atoms with Crippen LogP contribution < -0.4 is 9.91 Å². The van der Waals surface area contributed by atoms with E-state index in [9.17, 15) is 0 Å². The first kappa shape index (κ1) is 18.4. The van der Waals surface area contributed by atoms with E-state index in [4.69, 9.17) is 10.1 Å². The van der Waals surface area contributed by atoms with Gasteiger partial charge in [-0.25, -0.2) is 0 Å². The highest BCUT2D eigenvalue weighted by Gasteiger charge is 2.42. The number of quaternary nitrogens is 1. The molecule has 0 amide bonds. The molecule has 6 rings (SSSR count). The largest absolute Gasteiger partial charge is 0.320 e. The fourth-order valence-electron chi connectivity index (χ4n) is 4.02. The third-order valence-corrected chi connectivity index (χ3v) is 5.61.